The summed E-state index contributed by atoms with van der Waals surface area (Å²) in [7, 11) is 0. The van der Waals surface area contributed by atoms with Crippen molar-refractivity contribution in [2.75, 3.05) is 13.2 Å². The number of nitrogens with zero attached hydrogens (tertiary/aromatic N) is 3. The number of amides is 1. The minimum absolute atomic E-state index is 0.178. The molecule has 1 aliphatic rings. The fraction of sp³-hybridized carbons (Fsp3) is 0.294. The van der Waals surface area contributed by atoms with E-state index in [0.29, 0.717) is 30.6 Å². The van der Waals surface area contributed by atoms with Crippen LogP contribution in [0.4, 0.5) is 0 Å². The molecule has 2 aromatic heterocycles. The molecule has 1 amide bonds. The van der Waals surface area contributed by atoms with E-state index in [1.165, 1.54) is 6.07 Å². The second kappa shape index (κ2) is 5.87. The Morgan fingerprint density at radius 3 is 3.04 bits per heavy atom. The molecule has 0 saturated carbocycles. The maximum atomic E-state index is 12.6. The van der Waals surface area contributed by atoms with E-state index in [2.05, 4.69) is 15.8 Å². The third kappa shape index (κ3) is 2.53. The first-order valence-electron chi connectivity index (χ1n) is 7.82. The molecule has 0 N–H and O–H groups in total. The minimum Gasteiger partial charge on any atom is -0.476 e. The first-order valence-corrected chi connectivity index (χ1v) is 8.20. The van der Waals surface area contributed by atoms with Crippen molar-refractivity contribution >= 4 is 28.4 Å². The minimum atomic E-state index is -0.178. The van der Waals surface area contributed by atoms with Crippen LogP contribution in [0.25, 0.3) is 10.9 Å². The van der Waals surface area contributed by atoms with Crippen LogP contribution in [0.1, 0.15) is 23.2 Å². The molecule has 0 radical (unpaired) electrons. The lowest BCUT2D eigenvalue weighted by Gasteiger charge is -2.28. The molecule has 0 aliphatic carbocycles. The molecular formula is C17H16ClN3O3. The average Bonchev–Trinajstić information content (AvgIpc) is 3.18. The standard InChI is InChI=1S/C17H16ClN3O3/c1-2-23-16-9-15(24-19-16)17(22)20-5-6-21-13(10-20)7-11-3-4-12(18)8-14(11)21/h3-4,7-9H,2,5-6,10H2,1H3. The molecule has 0 atom stereocenters. The quantitative estimate of drug-likeness (QED) is 0.730. The van der Waals surface area contributed by atoms with Crippen LogP contribution in [-0.4, -0.2) is 33.7 Å². The maximum Gasteiger partial charge on any atom is 0.293 e. The normalized spacial score (nSPS) is 14.0. The van der Waals surface area contributed by atoms with E-state index in [4.69, 9.17) is 20.9 Å². The van der Waals surface area contributed by atoms with Gasteiger partial charge in [0.2, 0.25) is 5.76 Å². The second-order valence-corrected chi connectivity index (χ2v) is 6.12. The molecule has 0 saturated heterocycles. The molecule has 0 fully saturated rings. The highest BCUT2D eigenvalue weighted by Crippen LogP contribution is 2.27. The summed E-state index contributed by atoms with van der Waals surface area (Å²) in [5, 5.41) is 5.59. The first kappa shape index (κ1) is 15.1. The summed E-state index contributed by atoms with van der Waals surface area (Å²) >= 11 is 6.10. The van der Waals surface area contributed by atoms with E-state index in [0.717, 1.165) is 23.1 Å². The maximum absolute atomic E-state index is 12.6. The van der Waals surface area contributed by atoms with Gasteiger partial charge in [0.25, 0.3) is 11.8 Å². The molecular weight excluding hydrogens is 330 g/mol. The van der Waals surface area contributed by atoms with Gasteiger partial charge in [-0.25, -0.2) is 0 Å². The summed E-state index contributed by atoms with van der Waals surface area (Å²) in [6.07, 6.45) is 0. The molecule has 24 heavy (non-hydrogen) atoms. The molecule has 0 bridgehead atoms. The Morgan fingerprint density at radius 2 is 2.21 bits per heavy atom. The van der Waals surface area contributed by atoms with Crippen molar-refractivity contribution in [1.29, 1.82) is 0 Å². The highest BCUT2D eigenvalue weighted by molar-refractivity contribution is 6.31. The zero-order chi connectivity index (χ0) is 16.7. The van der Waals surface area contributed by atoms with Crippen LogP contribution in [0.15, 0.2) is 34.9 Å². The summed E-state index contributed by atoms with van der Waals surface area (Å²) in [4.78, 5) is 14.4. The molecule has 124 valence electrons. The van der Waals surface area contributed by atoms with Crippen LogP contribution in [-0.2, 0) is 13.1 Å². The number of benzene rings is 1. The van der Waals surface area contributed by atoms with Crippen LogP contribution >= 0.6 is 11.6 Å². The number of halogens is 1. The van der Waals surface area contributed by atoms with Gasteiger partial charge in [-0.15, -0.1) is 0 Å². The molecule has 0 spiro atoms. The van der Waals surface area contributed by atoms with Crippen molar-refractivity contribution in [3.63, 3.8) is 0 Å². The Balaban J connectivity index is 1.59. The molecule has 0 unspecified atom stereocenters. The zero-order valence-electron chi connectivity index (χ0n) is 13.2. The topological polar surface area (TPSA) is 60.5 Å². The Hall–Kier alpha value is -2.47. The third-order valence-electron chi connectivity index (χ3n) is 4.18. The largest absolute Gasteiger partial charge is 0.476 e. The lowest BCUT2D eigenvalue weighted by Crippen LogP contribution is -2.37. The predicted molar refractivity (Wildman–Crippen MR) is 89.4 cm³/mol. The summed E-state index contributed by atoms with van der Waals surface area (Å²) in [5.41, 5.74) is 2.18. The smallest absolute Gasteiger partial charge is 0.293 e. The van der Waals surface area contributed by atoms with Gasteiger partial charge in [0, 0.05) is 34.7 Å². The van der Waals surface area contributed by atoms with Crippen molar-refractivity contribution in [2.24, 2.45) is 0 Å². The van der Waals surface area contributed by atoms with Crippen molar-refractivity contribution < 1.29 is 14.1 Å². The van der Waals surface area contributed by atoms with Gasteiger partial charge in [0.05, 0.1) is 19.2 Å². The number of hydrogen-bond donors (Lipinski definition) is 0. The highest BCUT2D eigenvalue weighted by Gasteiger charge is 2.26. The number of rotatable bonds is 3. The fourth-order valence-electron chi connectivity index (χ4n) is 3.08. The monoisotopic (exact) mass is 345 g/mol. The Labute approximate surface area is 143 Å². The van der Waals surface area contributed by atoms with Gasteiger partial charge < -0.3 is 18.7 Å². The van der Waals surface area contributed by atoms with Crippen LogP contribution in [0, 0.1) is 0 Å². The van der Waals surface area contributed by atoms with E-state index in [-0.39, 0.29) is 11.7 Å². The van der Waals surface area contributed by atoms with Crippen molar-refractivity contribution in [3.05, 3.63) is 46.8 Å². The Kier molecular flexibility index (Phi) is 3.69. The fourth-order valence-corrected chi connectivity index (χ4v) is 3.25. The van der Waals surface area contributed by atoms with Gasteiger partial charge in [0.15, 0.2) is 0 Å². The van der Waals surface area contributed by atoms with Crippen molar-refractivity contribution in [3.8, 4) is 5.88 Å². The van der Waals surface area contributed by atoms with Crippen LogP contribution in [0.2, 0.25) is 5.02 Å². The highest BCUT2D eigenvalue weighted by atomic mass is 35.5. The second-order valence-electron chi connectivity index (χ2n) is 5.68. The number of aromatic nitrogens is 2. The van der Waals surface area contributed by atoms with Crippen LogP contribution in [0.3, 0.4) is 0 Å². The van der Waals surface area contributed by atoms with Gasteiger partial charge in [-0.2, -0.15) is 0 Å². The number of carbonyl (C=O) groups excluding carboxylic acids is 1. The predicted octanol–water partition coefficient (Wildman–Crippen LogP) is 3.34. The number of fused-ring (bicyclic) bond motifs is 3. The zero-order valence-corrected chi connectivity index (χ0v) is 13.9. The molecule has 7 heteroatoms. The van der Waals surface area contributed by atoms with Crippen molar-refractivity contribution in [2.45, 2.75) is 20.0 Å². The molecule has 1 aromatic carbocycles. The van der Waals surface area contributed by atoms with E-state index >= 15 is 0 Å². The van der Waals surface area contributed by atoms with E-state index in [1.807, 2.05) is 25.1 Å². The molecule has 3 aromatic rings. The Bertz CT molecular complexity index is 915. The molecule has 1 aliphatic heterocycles. The SMILES string of the molecule is CCOc1cc(C(=O)N2CCn3c(cc4ccc(Cl)cc43)C2)on1. The summed E-state index contributed by atoms with van der Waals surface area (Å²) < 4.78 is 12.5. The number of ether oxygens (including phenoxy) is 1. The number of hydrogen-bond acceptors (Lipinski definition) is 4. The summed E-state index contributed by atoms with van der Waals surface area (Å²) in [5.74, 6) is 0.357. The lowest BCUT2D eigenvalue weighted by atomic mass is 10.2. The van der Waals surface area contributed by atoms with E-state index in [9.17, 15) is 4.79 Å². The van der Waals surface area contributed by atoms with Gasteiger partial charge in [-0.05, 0) is 30.3 Å². The molecule has 4 rings (SSSR count). The van der Waals surface area contributed by atoms with Crippen LogP contribution < -0.4 is 4.74 Å². The van der Waals surface area contributed by atoms with E-state index < -0.39 is 0 Å². The molecule has 3 heterocycles. The van der Waals surface area contributed by atoms with E-state index in [1.54, 1.807) is 4.90 Å². The number of carbonyl (C=O) groups is 1. The summed E-state index contributed by atoms with van der Waals surface area (Å²) in [6, 6.07) is 9.47. The lowest BCUT2D eigenvalue weighted by molar-refractivity contribution is 0.0670. The molecule has 6 nitrogen and oxygen atoms in total. The van der Waals surface area contributed by atoms with Gasteiger partial charge in [-0.1, -0.05) is 17.7 Å². The third-order valence-corrected chi connectivity index (χ3v) is 4.41. The van der Waals surface area contributed by atoms with Crippen molar-refractivity contribution in [1.82, 2.24) is 14.6 Å². The summed E-state index contributed by atoms with van der Waals surface area (Å²) in [6.45, 7) is 4.18. The van der Waals surface area contributed by atoms with Gasteiger partial charge in [0.1, 0.15) is 0 Å². The van der Waals surface area contributed by atoms with Gasteiger partial charge in [-0.3, -0.25) is 4.79 Å². The van der Waals surface area contributed by atoms with Crippen LogP contribution in [0.5, 0.6) is 5.88 Å². The van der Waals surface area contributed by atoms with Gasteiger partial charge >= 0.3 is 0 Å². The Morgan fingerprint density at radius 1 is 1.33 bits per heavy atom. The first-order chi connectivity index (χ1) is 11.7. The average molecular weight is 346 g/mol.